The average molecular weight is 263 g/mol. The smallest absolute Gasteiger partial charge is 0.330 e. The molecule has 0 radical (unpaired) electrons. The van der Waals surface area contributed by atoms with Gasteiger partial charge in [-0.3, -0.25) is 9.88 Å². The van der Waals surface area contributed by atoms with Crippen LogP contribution in [0.15, 0.2) is 24.5 Å². The molecule has 0 aromatic carbocycles. The first-order valence-electron chi connectivity index (χ1n) is 6.73. The molecule has 0 amide bonds. The normalized spacial score (nSPS) is 19.7. The SMILES string of the molecule is CCOC(=O)C(C)(c1cccnc1)N1CCNCC1. The summed E-state index contributed by atoms with van der Waals surface area (Å²) in [6.07, 6.45) is 3.46. The van der Waals surface area contributed by atoms with Crippen molar-refractivity contribution in [3.63, 3.8) is 0 Å². The minimum Gasteiger partial charge on any atom is -0.464 e. The quantitative estimate of drug-likeness (QED) is 0.813. The highest BCUT2D eigenvalue weighted by Gasteiger charge is 2.43. The standard InChI is InChI=1S/C14H21N3O2/c1-3-19-13(18)14(2,12-5-4-6-16-11-12)17-9-7-15-8-10-17/h4-6,11,15H,3,7-10H2,1-2H3. The Morgan fingerprint density at radius 1 is 1.53 bits per heavy atom. The van der Waals surface area contributed by atoms with Crippen molar-refractivity contribution in [3.8, 4) is 0 Å². The predicted octanol–water partition coefficient (Wildman–Crippen LogP) is 0.765. The number of ether oxygens (including phenoxy) is 1. The van der Waals surface area contributed by atoms with E-state index >= 15 is 0 Å². The number of pyridine rings is 1. The Balaban J connectivity index is 2.34. The van der Waals surface area contributed by atoms with E-state index in [1.807, 2.05) is 26.0 Å². The minimum atomic E-state index is -0.758. The second-order valence-electron chi connectivity index (χ2n) is 4.77. The van der Waals surface area contributed by atoms with Gasteiger partial charge in [0.05, 0.1) is 6.61 Å². The van der Waals surface area contributed by atoms with E-state index in [9.17, 15) is 4.79 Å². The van der Waals surface area contributed by atoms with E-state index in [4.69, 9.17) is 4.74 Å². The molecule has 5 nitrogen and oxygen atoms in total. The van der Waals surface area contributed by atoms with Crippen molar-refractivity contribution >= 4 is 5.97 Å². The van der Waals surface area contributed by atoms with Crippen LogP contribution in [0.5, 0.6) is 0 Å². The molecule has 1 aromatic rings. The van der Waals surface area contributed by atoms with Gasteiger partial charge in [-0.1, -0.05) is 6.07 Å². The number of carbonyl (C=O) groups excluding carboxylic acids is 1. The number of esters is 1. The molecule has 1 atom stereocenters. The Morgan fingerprint density at radius 3 is 2.84 bits per heavy atom. The summed E-state index contributed by atoms with van der Waals surface area (Å²) in [6.45, 7) is 7.56. The lowest BCUT2D eigenvalue weighted by molar-refractivity contribution is -0.158. The summed E-state index contributed by atoms with van der Waals surface area (Å²) in [5.41, 5.74) is 0.127. The van der Waals surface area contributed by atoms with Crippen LogP contribution in [0.1, 0.15) is 19.4 Å². The van der Waals surface area contributed by atoms with Gasteiger partial charge in [0.15, 0.2) is 0 Å². The fraction of sp³-hybridized carbons (Fsp3) is 0.571. The van der Waals surface area contributed by atoms with E-state index in [1.165, 1.54) is 0 Å². The van der Waals surface area contributed by atoms with Crippen LogP contribution in [-0.2, 0) is 15.1 Å². The highest BCUT2D eigenvalue weighted by molar-refractivity contribution is 5.82. The molecule has 1 unspecified atom stereocenters. The Hall–Kier alpha value is -1.46. The molecular formula is C14H21N3O2. The molecule has 0 spiro atoms. The maximum Gasteiger partial charge on any atom is 0.330 e. The lowest BCUT2D eigenvalue weighted by Gasteiger charge is -2.41. The van der Waals surface area contributed by atoms with Crippen LogP contribution in [0.25, 0.3) is 0 Å². The van der Waals surface area contributed by atoms with Gasteiger partial charge in [0.2, 0.25) is 0 Å². The van der Waals surface area contributed by atoms with Crippen molar-refractivity contribution in [1.29, 1.82) is 0 Å². The largest absolute Gasteiger partial charge is 0.464 e. The second kappa shape index (κ2) is 6.12. The fourth-order valence-electron chi connectivity index (χ4n) is 2.46. The summed E-state index contributed by atoms with van der Waals surface area (Å²) in [5.74, 6) is -0.204. The Morgan fingerprint density at radius 2 is 2.26 bits per heavy atom. The Kier molecular flexibility index (Phi) is 4.50. The van der Waals surface area contributed by atoms with Crippen molar-refractivity contribution in [2.24, 2.45) is 0 Å². The first kappa shape index (κ1) is 14.0. The molecule has 0 aliphatic carbocycles. The van der Waals surface area contributed by atoms with Crippen molar-refractivity contribution in [3.05, 3.63) is 30.1 Å². The average Bonchev–Trinajstić information content (AvgIpc) is 2.48. The minimum absolute atomic E-state index is 0.204. The topological polar surface area (TPSA) is 54.5 Å². The van der Waals surface area contributed by atoms with Gasteiger partial charge in [-0.05, 0) is 19.9 Å². The van der Waals surface area contributed by atoms with E-state index in [-0.39, 0.29) is 5.97 Å². The predicted molar refractivity (Wildman–Crippen MR) is 72.7 cm³/mol. The lowest BCUT2D eigenvalue weighted by atomic mass is 9.90. The summed E-state index contributed by atoms with van der Waals surface area (Å²) in [6, 6.07) is 3.79. The van der Waals surface area contributed by atoms with Gasteiger partial charge in [-0.25, -0.2) is 4.79 Å². The molecule has 2 heterocycles. The maximum atomic E-state index is 12.5. The number of carbonyl (C=O) groups is 1. The molecule has 19 heavy (non-hydrogen) atoms. The second-order valence-corrected chi connectivity index (χ2v) is 4.77. The van der Waals surface area contributed by atoms with E-state index in [0.29, 0.717) is 6.61 Å². The van der Waals surface area contributed by atoms with Crippen LogP contribution >= 0.6 is 0 Å². The molecule has 1 saturated heterocycles. The zero-order chi connectivity index (χ0) is 13.7. The number of hydrogen-bond donors (Lipinski definition) is 1. The van der Waals surface area contributed by atoms with Crippen LogP contribution in [0.4, 0.5) is 0 Å². The van der Waals surface area contributed by atoms with E-state index in [0.717, 1.165) is 31.7 Å². The van der Waals surface area contributed by atoms with Crippen LogP contribution in [0.3, 0.4) is 0 Å². The molecule has 1 fully saturated rings. The number of piperazine rings is 1. The first-order chi connectivity index (χ1) is 9.19. The number of nitrogens with one attached hydrogen (secondary N) is 1. The van der Waals surface area contributed by atoms with Crippen molar-refractivity contribution in [2.45, 2.75) is 19.4 Å². The third kappa shape index (κ3) is 2.77. The van der Waals surface area contributed by atoms with Crippen LogP contribution in [0, 0.1) is 0 Å². The van der Waals surface area contributed by atoms with E-state index in [2.05, 4.69) is 15.2 Å². The van der Waals surface area contributed by atoms with Crippen LogP contribution in [0.2, 0.25) is 0 Å². The van der Waals surface area contributed by atoms with Gasteiger partial charge in [0.25, 0.3) is 0 Å². The summed E-state index contributed by atoms with van der Waals surface area (Å²) in [4.78, 5) is 18.8. The van der Waals surface area contributed by atoms with Gasteiger partial charge in [-0.2, -0.15) is 0 Å². The maximum absolute atomic E-state index is 12.5. The van der Waals surface area contributed by atoms with Gasteiger partial charge < -0.3 is 10.1 Å². The van der Waals surface area contributed by atoms with Crippen molar-refractivity contribution in [2.75, 3.05) is 32.8 Å². The molecule has 104 valence electrons. The van der Waals surface area contributed by atoms with Crippen LogP contribution < -0.4 is 5.32 Å². The van der Waals surface area contributed by atoms with Crippen molar-refractivity contribution < 1.29 is 9.53 Å². The number of rotatable bonds is 4. The third-order valence-electron chi connectivity index (χ3n) is 3.65. The molecule has 1 aromatic heterocycles. The zero-order valence-electron chi connectivity index (χ0n) is 11.6. The van der Waals surface area contributed by atoms with Gasteiger partial charge in [0.1, 0.15) is 5.54 Å². The monoisotopic (exact) mass is 263 g/mol. The number of nitrogens with zero attached hydrogens (tertiary/aromatic N) is 2. The molecule has 0 saturated carbocycles. The molecule has 1 N–H and O–H groups in total. The molecule has 1 aliphatic rings. The van der Waals surface area contributed by atoms with E-state index < -0.39 is 5.54 Å². The summed E-state index contributed by atoms with van der Waals surface area (Å²) in [7, 11) is 0. The number of aromatic nitrogens is 1. The lowest BCUT2D eigenvalue weighted by Crippen LogP contribution is -2.57. The highest BCUT2D eigenvalue weighted by atomic mass is 16.5. The van der Waals surface area contributed by atoms with Gasteiger partial charge in [-0.15, -0.1) is 0 Å². The fourth-order valence-corrected chi connectivity index (χ4v) is 2.46. The molecular weight excluding hydrogens is 242 g/mol. The summed E-state index contributed by atoms with van der Waals surface area (Å²) in [5, 5.41) is 3.30. The zero-order valence-corrected chi connectivity index (χ0v) is 11.6. The van der Waals surface area contributed by atoms with Crippen molar-refractivity contribution in [1.82, 2.24) is 15.2 Å². The summed E-state index contributed by atoms with van der Waals surface area (Å²) < 4.78 is 5.29. The number of hydrogen-bond acceptors (Lipinski definition) is 5. The third-order valence-corrected chi connectivity index (χ3v) is 3.65. The molecule has 5 heteroatoms. The molecule has 2 rings (SSSR count). The molecule has 0 bridgehead atoms. The Labute approximate surface area is 114 Å². The highest BCUT2D eigenvalue weighted by Crippen LogP contribution is 2.29. The van der Waals surface area contributed by atoms with Crippen LogP contribution in [-0.4, -0.2) is 48.6 Å². The van der Waals surface area contributed by atoms with Gasteiger partial charge in [0, 0.05) is 44.1 Å². The molecule has 1 aliphatic heterocycles. The van der Waals surface area contributed by atoms with Gasteiger partial charge >= 0.3 is 5.97 Å². The summed E-state index contributed by atoms with van der Waals surface area (Å²) >= 11 is 0. The Bertz CT molecular complexity index is 418. The van der Waals surface area contributed by atoms with E-state index in [1.54, 1.807) is 12.4 Å². The first-order valence-corrected chi connectivity index (χ1v) is 6.73.